The van der Waals surface area contributed by atoms with E-state index in [-0.39, 0.29) is 30.7 Å². The number of carbonyl (C=O) groups excluding carboxylic acids is 2. The number of para-hydroxylation sites is 3. The molecular formula is C28H26ClN5O4S. The van der Waals surface area contributed by atoms with Gasteiger partial charge in [0.1, 0.15) is 11.5 Å². The SMILES string of the molecule is COc1ccccc1-n1c(CNC(=O)COc2ccc(Cl)cc2)nnc1SCC(=O)N1CCc2ccccc21. The van der Waals surface area contributed by atoms with Crippen LogP contribution in [0.25, 0.3) is 5.69 Å². The van der Waals surface area contributed by atoms with Crippen molar-refractivity contribution in [1.29, 1.82) is 0 Å². The summed E-state index contributed by atoms with van der Waals surface area (Å²) in [5.41, 5.74) is 2.83. The Morgan fingerprint density at radius 2 is 1.74 bits per heavy atom. The third-order valence-electron chi connectivity index (χ3n) is 6.17. The Morgan fingerprint density at radius 1 is 1.00 bits per heavy atom. The zero-order chi connectivity index (χ0) is 27.2. The summed E-state index contributed by atoms with van der Waals surface area (Å²) in [5.74, 6) is 1.49. The molecule has 11 heteroatoms. The van der Waals surface area contributed by atoms with Crippen LogP contribution in [0.1, 0.15) is 11.4 Å². The fraction of sp³-hybridized carbons (Fsp3) is 0.214. The molecule has 0 spiro atoms. The van der Waals surface area contributed by atoms with Crippen molar-refractivity contribution < 1.29 is 19.1 Å². The topological polar surface area (TPSA) is 98.6 Å². The predicted molar refractivity (Wildman–Crippen MR) is 150 cm³/mol. The van der Waals surface area contributed by atoms with Crippen molar-refractivity contribution in [2.45, 2.75) is 18.1 Å². The molecule has 39 heavy (non-hydrogen) atoms. The first-order valence-electron chi connectivity index (χ1n) is 12.3. The summed E-state index contributed by atoms with van der Waals surface area (Å²) < 4.78 is 12.9. The normalized spacial score (nSPS) is 12.2. The number of halogens is 1. The summed E-state index contributed by atoms with van der Waals surface area (Å²) in [5, 5.41) is 12.6. The van der Waals surface area contributed by atoms with Crippen LogP contribution in [0.15, 0.2) is 78.0 Å². The maximum absolute atomic E-state index is 13.1. The summed E-state index contributed by atoms with van der Waals surface area (Å²) in [7, 11) is 1.58. The number of aromatic nitrogens is 3. The number of hydrogen-bond acceptors (Lipinski definition) is 7. The number of amides is 2. The van der Waals surface area contributed by atoms with Crippen LogP contribution in [0.5, 0.6) is 11.5 Å². The minimum atomic E-state index is -0.323. The number of nitrogens with one attached hydrogen (secondary N) is 1. The molecule has 0 saturated carbocycles. The number of ether oxygens (including phenoxy) is 2. The van der Waals surface area contributed by atoms with E-state index in [0.717, 1.165) is 12.1 Å². The van der Waals surface area contributed by atoms with Gasteiger partial charge in [-0.25, -0.2) is 0 Å². The zero-order valence-electron chi connectivity index (χ0n) is 21.2. The molecule has 4 aromatic rings. The molecule has 5 rings (SSSR count). The Morgan fingerprint density at radius 3 is 2.54 bits per heavy atom. The highest BCUT2D eigenvalue weighted by Crippen LogP contribution is 2.31. The molecule has 1 aromatic heterocycles. The molecule has 0 radical (unpaired) electrons. The lowest BCUT2D eigenvalue weighted by Crippen LogP contribution is -2.30. The van der Waals surface area contributed by atoms with Gasteiger partial charge in [-0.15, -0.1) is 10.2 Å². The number of nitrogens with zero attached hydrogens (tertiary/aromatic N) is 4. The molecule has 9 nitrogen and oxygen atoms in total. The Balaban J connectivity index is 1.29. The van der Waals surface area contributed by atoms with E-state index in [1.807, 2.05) is 47.4 Å². The average molecular weight is 564 g/mol. The van der Waals surface area contributed by atoms with Gasteiger partial charge in [-0.2, -0.15) is 0 Å². The summed E-state index contributed by atoms with van der Waals surface area (Å²) in [4.78, 5) is 27.4. The smallest absolute Gasteiger partial charge is 0.258 e. The Bertz CT molecular complexity index is 1480. The van der Waals surface area contributed by atoms with Gasteiger partial charge in [-0.3, -0.25) is 14.2 Å². The first kappa shape index (κ1) is 26.6. The predicted octanol–water partition coefficient (Wildman–Crippen LogP) is 4.31. The number of rotatable bonds is 10. The number of hydrogen-bond donors (Lipinski definition) is 1. The lowest BCUT2D eigenvalue weighted by molar-refractivity contribution is -0.123. The summed E-state index contributed by atoms with van der Waals surface area (Å²) in [6, 6.07) is 22.2. The number of thioether (sulfide) groups is 1. The van der Waals surface area contributed by atoms with Crippen LogP contribution in [-0.2, 0) is 22.6 Å². The van der Waals surface area contributed by atoms with E-state index >= 15 is 0 Å². The molecule has 1 aliphatic rings. The Labute approximate surface area is 235 Å². The van der Waals surface area contributed by atoms with Crippen molar-refractivity contribution in [3.05, 3.63) is 89.2 Å². The monoisotopic (exact) mass is 563 g/mol. The number of methoxy groups -OCH3 is 1. The van der Waals surface area contributed by atoms with Gasteiger partial charge >= 0.3 is 0 Å². The molecule has 0 saturated heterocycles. The van der Waals surface area contributed by atoms with Crippen molar-refractivity contribution in [3.8, 4) is 17.2 Å². The van der Waals surface area contributed by atoms with Crippen LogP contribution >= 0.6 is 23.4 Å². The van der Waals surface area contributed by atoms with Crippen LogP contribution in [0.2, 0.25) is 5.02 Å². The Kier molecular flexibility index (Phi) is 8.33. The second kappa shape index (κ2) is 12.2. The highest BCUT2D eigenvalue weighted by atomic mass is 35.5. The van der Waals surface area contributed by atoms with Gasteiger partial charge in [0.25, 0.3) is 5.91 Å². The van der Waals surface area contributed by atoms with Gasteiger partial charge < -0.3 is 19.7 Å². The lowest BCUT2D eigenvalue weighted by Gasteiger charge is -2.17. The summed E-state index contributed by atoms with van der Waals surface area (Å²) >= 11 is 7.18. The maximum atomic E-state index is 13.1. The molecule has 2 amide bonds. The van der Waals surface area contributed by atoms with Gasteiger partial charge in [0.2, 0.25) is 5.91 Å². The van der Waals surface area contributed by atoms with E-state index < -0.39 is 0 Å². The molecule has 1 aliphatic heterocycles. The molecular weight excluding hydrogens is 538 g/mol. The number of carbonyl (C=O) groups is 2. The third-order valence-corrected chi connectivity index (χ3v) is 7.33. The number of fused-ring (bicyclic) bond motifs is 1. The number of anilines is 1. The molecule has 0 bridgehead atoms. The van der Waals surface area contributed by atoms with E-state index in [9.17, 15) is 9.59 Å². The summed E-state index contributed by atoms with van der Waals surface area (Å²) in [6.07, 6.45) is 0.843. The minimum absolute atomic E-state index is 0.00581. The average Bonchev–Trinajstić information content (AvgIpc) is 3.58. The summed E-state index contributed by atoms with van der Waals surface area (Å²) in [6.45, 7) is 0.590. The highest BCUT2D eigenvalue weighted by Gasteiger charge is 2.25. The van der Waals surface area contributed by atoms with E-state index in [4.69, 9.17) is 21.1 Å². The maximum Gasteiger partial charge on any atom is 0.258 e. The van der Waals surface area contributed by atoms with E-state index in [1.54, 1.807) is 35.9 Å². The fourth-order valence-corrected chi connectivity index (χ4v) is 5.24. The van der Waals surface area contributed by atoms with Crippen LogP contribution in [0, 0.1) is 0 Å². The van der Waals surface area contributed by atoms with Crippen molar-refractivity contribution in [2.75, 3.05) is 30.9 Å². The Hall–Kier alpha value is -4.02. The quantitative estimate of drug-likeness (QED) is 0.287. The van der Waals surface area contributed by atoms with Crippen molar-refractivity contribution in [1.82, 2.24) is 20.1 Å². The van der Waals surface area contributed by atoms with Crippen LogP contribution in [0.4, 0.5) is 5.69 Å². The molecule has 3 aromatic carbocycles. The molecule has 0 fully saturated rings. The largest absolute Gasteiger partial charge is 0.495 e. The van der Waals surface area contributed by atoms with E-state index in [0.29, 0.717) is 39.7 Å². The molecule has 0 atom stereocenters. The van der Waals surface area contributed by atoms with Gasteiger partial charge in [-0.05, 0) is 54.4 Å². The lowest BCUT2D eigenvalue weighted by atomic mass is 10.2. The first-order valence-corrected chi connectivity index (χ1v) is 13.6. The highest BCUT2D eigenvalue weighted by molar-refractivity contribution is 7.99. The van der Waals surface area contributed by atoms with Crippen molar-refractivity contribution in [2.24, 2.45) is 0 Å². The third kappa shape index (κ3) is 6.18. The van der Waals surface area contributed by atoms with Gasteiger partial charge in [0.15, 0.2) is 17.6 Å². The standard InChI is InChI=1S/C28H26ClN5O4S/c1-37-24-9-5-4-8-23(24)34-25(16-30-26(35)17-38-21-12-10-20(29)11-13-21)31-32-28(34)39-18-27(36)33-15-14-19-6-2-3-7-22(19)33/h2-13H,14-18H2,1H3,(H,30,35). The molecule has 2 heterocycles. The van der Waals surface area contributed by atoms with Crippen LogP contribution in [-0.4, -0.2) is 52.6 Å². The number of benzene rings is 3. The fourth-order valence-electron chi connectivity index (χ4n) is 4.27. The van der Waals surface area contributed by atoms with Gasteiger partial charge in [-0.1, -0.05) is 53.7 Å². The second-order valence-electron chi connectivity index (χ2n) is 8.64. The molecule has 0 unspecified atom stereocenters. The van der Waals surface area contributed by atoms with Crippen LogP contribution < -0.4 is 19.7 Å². The molecule has 200 valence electrons. The second-order valence-corrected chi connectivity index (χ2v) is 10.0. The van der Waals surface area contributed by atoms with Gasteiger partial charge in [0.05, 0.1) is 25.1 Å². The molecule has 0 aliphatic carbocycles. The van der Waals surface area contributed by atoms with E-state index in [1.165, 1.54) is 17.3 Å². The molecule has 1 N–H and O–H groups in total. The van der Waals surface area contributed by atoms with Crippen molar-refractivity contribution >= 4 is 40.9 Å². The van der Waals surface area contributed by atoms with Crippen molar-refractivity contribution in [3.63, 3.8) is 0 Å². The minimum Gasteiger partial charge on any atom is -0.495 e. The van der Waals surface area contributed by atoms with Gasteiger partial charge in [0, 0.05) is 17.3 Å². The van der Waals surface area contributed by atoms with E-state index in [2.05, 4.69) is 21.6 Å². The first-order chi connectivity index (χ1) is 19.0. The van der Waals surface area contributed by atoms with Crippen LogP contribution in [0.3, 0.4) is 0 Å². The zero-order valence-corrected chi connectivity index (χ0v) is 22.7.